The predicted molar refractivity (Wildman–Crippen MR) is 149 cm³/mol. The Hall–Kier alpha value is -3.98. The van der Waals surface area contributed by atoms with E-state index in [0.717, 1.165) is 36.9 Å². The molecule has 0 radical (unpaired) electrons. The molecule has 5 rings (SSSR count). The molecule has 0 saturated carbocycles. The van der Waals surface area contributed by atoms with Gasteiger partial charge in [-0.05, 0) is 73.6 Å². The number of sulfone groups is 1. The first-order valence-corrected chi connectivity index (χ1v) is 14.5. The number of hydrogen-bond acceptors (Lipinski definition) is 6. The van der Waals surface area contributed by atoms with Crippen molar-refractivity contribution in [2.24, 2.45) is 0 Å². The SMILES string of the molecule is CCCCc1[nH]c(=O)c(S(=O)(=O)c2ccc(-c3ccnc(F)c3C)cc2)c(O)c1N1CCCc2ccccc21. The van der Waals surface area contributed by atoms with Gasteiger partial charge in [0.2, 0.25) is 15.8 Å². The zero-order valence-corrected chi connectivity index (χ0v) is 22.7. The zero-order chi connectivity index (χ0) is 27.7. The van der Waals surface area contributed by atoms with Crippen molar-refractivity contribution in [2.45, 2.75) is 55.7 Å². The Morgan fingerprint density at radius 1 is 1.10 bits per heavy atom. The molecule has 2 N–H and O–H groups in total. The molecule has 4 aromatic rings. The summed E-state index contributed by atoms with van der Waals surface area (Å²) in [6.45, 7) is 4.20. The topological polar surface area (TPSA) is 103 Å². The smallest absolute Gasteiger partial charge is 0.271 e. The maximum absolute atomic E-state index is 14.0. The summed E-state index contributed by atoms with van der Waals surface area (Å²) in [5.41, 5.74) is 3.49. The van der Waals surface area contributed by atoms with Gasteiger partial charge in [0.25, 0.3) is 5.56 Å². The minimum absolute atomic E-state index is 0.148. The van der Waals surface area contributed by atoms with Crippen LogP contribution in [0.1, 0.15) is 43.0 Å². The van der Waals surface area contributed by atoms with E-state index in [2.05, 4.69) is 9.97 Å². The minimum Gasteiger partial charge on any atom is -0.504 e. The number of unbranched alkanes of at least 4 members (excludes halogenated alkanes) is 1. The largest absolute Gasteiger partial charge is 0.504 e. The van der Waals surface area contributed by atoms with Crippen molar-refractivity contribution in [1.29, 1.82) is 0 Å². The van der Waals surface area contributed by atoms with E-state index in [-0.39, 0.29) is 4.90 Å². The quantitative estimate of drug-likeness (QED) is 0.281. The van der Waals surface area contributed by atoms with Gasteiger partial charge in [-0.25, -0.2) is 13.4 Å². The van der Waals surface area contributed by atoms with E-state index in [9.17, 15) is 22.7 Å². The van der Waals surface area contributed by atoms with E-state index in [1.807, 2.05) is 36.1 Å². The van der Waals surface area contributed by atoms with Gasteiger partial charge in [0, 0.05) is 29.7 Å². The van der Waals surface area contributed by atoms with E-state index in [4.69, 9.17) is 0 Å². The number of aromatic hydroxyl groups is 1. The molecule has 2 aromatic heterocycles. The fraction of sp³-hybridized carbons (Fsp3) is 0.267. The molecule has 0 aliphatic carbocycles. The summed E-state index contributed by atoms with van der Waals surface area (Å²) in [6, 6.07) is 15.3. The number of pyridine rings is 2. The Kier molecular flexibility index (Phi) is 7.27. The van der Waals surface area contributed by atoms with Gasteiger partial charge >= 0.3 is 0 Å². The highest BCUT2D eigenvalue weighted by molar-refractivity contribution is 7.91. The normalized spacial score (nSPS) is 13.4. The van der Waals surface area contributed by atoms with Gasteiger partial charge in [0.05, 0.1) is 4.90 Å². The number of benzene rings is 2. The molecule has 0 spiro atoms. The predicted octanol–water partition coefficient (Wildman–Crippen LogP) is 5.85. The summed E-state index contributed by atoms with van der Waals surface area (Å²) >= 11 is 0. The van der Waals surface area contributed by atoms with E-state index in [1.54, 1.807) is 25.1 Å². The van der Waals surface area contributed by atoms with Crippen LogP contribution < -0.4 is 10.5 Å². The van der Waals surface area contributed by atoms with Crippen LogP contribution >= 0.6 is 0 Å². The van der Waals surface area contributed by atoms with Crippen LogP contribution in [0.15, 0.2) is 75.4 Å². The lowest BCUT2D eigenvalue weighted by Gasteiger charge is -2.33. The van der Waals surface area contributed by atoms with Gasteiger partial charge in [-0.15, -0.1) is 0 Å². The second-order valence-electron chi connectivity index (χ2n) is 9.75. The van der Waals surface area contributed by atoms with Crippen molar-refractivity contribution >= 4 is 21.2 Å². The van der Waals surface area contributed by atoms with Crippen molar-refractivity contribution in [3.05, 3.63) is 93.9 Å². The number of nitrogens with zero attached hydrogens (tertiary/aromatic N) is 2. The second-order valence-corrected chi connectivity index (χ2v) is 11.6. The van der Waals surface area contributed by atoms with Crippen LogP contribution in [0.4, 0.5) is 15.8 Å². The van der Waals surface area contributed by atoms with E-state index in [1.165, 1.54) is 18.3 Å². The Bertz CT molecular complexity index is 1700. The van der Waals surface area contributed by atoms with E-state index in [0.29, 0.717) is 41.0 Å². The number of halogens is 1. The standard InChI is InChI=1S/C30H30FN3O4S/c1-3-4-10-24-26(34-18-7-9-21-8-5-6-11-25(21)34)27(35)28(30(36)33-24)39(37,38)22-14-12-20(13-15-22)23-16-17-32-29(31)19(23)2/h5-6,8,11-17H,3-4,7,9-10,18H2,1-2H3,(H2,33,35,36). The van der Waals surface area contributed by atoms with Gasteiger partial charge in [0.1, 0.15) is 5.69 Å². The van der Waals surface area contributed by atoms with Gasteiger partial charge in [-0.1, -0.05) is 43.7 Å². The average Bonchev–Trinajstić information content (AvgIpc) is 2.93. The number of para-hydroxylation sites is 1. The van der Waals surface area contributed by atoms with Crippen molar-refractivity contribution < 1.29 is 17.9 Å². The number of anilines is 2. The molecule has 0 atom stereocenters. The Labute approximate surface area is 226 Å². The second kappa shape index (κ2) is 10.6. The number of aromatic amines is 1. The molecule has 0 unspecified atom stereocenters. The van der Waals surface area contributed by atoms with Crippen molar-refractivity contribution in [3.63, 3.8) is 0 Å². The highest BCUT2D eigenvalue weighted by Crippen LogP contribution is 2.43. The third-order valence-electron chi connectivity index (χ3n) is 7.24. The molecule has 1 aliphatic heterocycles. The van der Waals surface area contributed by atoms with Crippen molar-refractivity contribution in [2.75, 3.05) is 11.4 Å². The third kappa shape index (κ3) is 4.83. The Morgan fingerprint density at radius 3 is 2.59 bits per heavy atom. The molecule has 2 aromatic carbocycles. The number of rotatable bonds is 7. The summed E-state index contributed by atoms with van der Waals surface area (Å²) < 4.78 is 41.5. The summed E-state index contributed by atoms with van der Waals surface area (Å²) in [5, 5.41) is 11.5. The van der Waals surface area contributed by atoms with Crippen LogP contribution in [0, 0.1) is 12.9 Å². The molecule has 3 heterocycles. The van der Waals surface area contributed by atoms with Crippen LogP contribution in [-0.2, 0) is 22.7 Å². The average molecular weight is 548 g/mol. The zero-order valence-electron chi connectivity index (χ0n) is 21.9. The van der Waals surface area contributed by atoms with E-state index >= 15 is 0 Å². The molecule has 202 valence electrons. The molecule has 39 heavy (non-hydrogen) atoms. The van der Waals surface area contributed by atoms with Crippen LogP contribution in [0.5, 0.6) is 5.75 Å². The van der Waals surface area contributed by atoms with Crippen molar-refractivity contribution in [1.82, 2.24) is 9.97 Å². The van der Waals surface area contributed by atoms with Crippen LogP contribution in [0.2, 0.25) is 0 Å². The number of fused-ring (bicyclic) bond motifs is 1. The molecule has 7 nitrogen and oxygen atoms in total. The molecule has 0 saturated heterocycles. The van der Waals surface area contributed by atoms with Gasteiger partial charge in [-0.3, -0.25) is 4.79 Å². The van der Waals surface area contributed by atoms with Crippen LogP contribution in [-0.4, -0.2) is 30.0 Å². The van der Waals surface area contributed by atoms with E-state index < -0.39 is 32.0 Å². The van der Waals surface area contributed by atoms with Crippen LogP contribution in [0.25, 0.3) is 11.1 Å². The number of nitrogens with one attached hydrogen (secondary N) is 1. The molecule has 0 fully saturated rings. The maximum atomic E-state index is 14.0. The molecular weight excluding hydrogens is 517 g/mol. The summed E-state index contributed by atoms with van der Waals surface area (Å²) in [7, 11) is -4.40. The molecule has 0 amide bonds. The highest BCUT2D eigenvalue weighted by atomic mass is 32.2. The fourth-order valence-electron chi connectivity index (χ4n) is 5.21. The minimum atomic E-state index is -4.40. The van der Waals surface area contributed by atoms with Gasteiger partial charge in [0.15, 0.2) is 10.6 Å². The molecule has 1 aliphatic rings. The monoisotopic (exact) mass is 547 g/mol. The summed E-state index contributed by atoms with van der Waals surface area (Å²) in [5.74, 6) is -1.15. The van der Waals surface area contributed by atoms with Crippen molar-refractivity contribution in [3.8, 4) is 16.9 Å². The maximum Gasteiger partial charge on any atom is 0.271 e. The molecule has 9 heteroatoms. The third-order valence-corrected chi connectivity index (χ3v) is 9.05. The van der Waals surface area contributed by atoms with Gasteiger partial charge in [-0.2, -0.15) is 4.39 Å². The lowest BCUT2D eigenvalue weighted by molar-refractivity contribution is 0.453. The van der Waals surface area contributed by atoms with Crippen LogP contribution in [0.3, 0.4) is 0 Å². The number of aromatic nitrogens is 2. The summed E-state index contributed by atoms with van der Waals surface area (Å²) in [6.07, 6.45) is 5.16. The Balaban J connectivity index is 1.64. The lowest BCUT2D eigenvalue weighted by Crippen LogP contribution is -2.29. The number of hydrogen-bond donors (Lipinski definition) is 2. The highest BCUT2D eigenvalue weighted by Gasteiger charge is 2.32. The number of H-pyrrole nitrogens is 1. The number of aryl methyl sites for hydroxylation is 2. The first-order valence-electron chi connectivity index (χ1n) is 13.0. The lowest BCUT2D eigenvalue weighted by atomic mass is 10.00. The molecular formula is C30H30FN3O4S. The molecule has 0 bridgehead atoms. The van der Waals surface area contributed by atoms with Gasteiger partial charge < -0.3 is 15.0 Å². The summed E-state index contributed by atoms with van der Waals surface area (Å²) in [4.78, 5) is 20.7. The fourth-order valence-corrected chi connectivity index (χ4v) is 6.58. The first kappa shape index (κ1) is 26.6. The first-order chi connectivity index (χ1) is 18.7. The Morgan fingerprint density at radius 2 is 1.85 bits per heavy atom.